The number of carbonyl (C=O) groups excluding carboxylic acids is 1. The SMILES string of the molecule is O=C(Cc1nc2cccc(-c3ccccc3)n2n1)C1CC1. The predicted molar refractivity (Wildman–Crippen MR) is 79.9 cm³/mol. The van der Waals surface area contributed by atoms with Crippen LogP contribution in [0, 0.1) is 5.92 Å². The molecular formula is C17H15N3O. The Kier molecular flexibility index (Phi) is 2.81. The number of hydrogen-bond donors (Lipinski definition) is 0. The van der Waals surface area contributed by atoms with E-state index in [-0.39, 0.29) is 11.7 Å². The molecule has 0 radical (unpaired) electrons. The summed E-state index contributed by atoms with van der Waals surface area (Å²) in [6, 6.07) is 16.0. The Balaban J connectivity index is 1.75. The molecule has 0 N–H and O–H groups in total. The zero-order valence-corrected chi connectivity index (χ0v) is 11.6. The van der Waals surface area contributed by atoms with E-state index in [1.165, 1.54) is 0 Å². The van der Waals surface area contributed by atoms with Crippen molar-refractivity contribution in [2.75, 3.05) is 0 Å². The topological polar surface area (TPSA) is 47.3 Å². The van der Waals surface area contributed by atoms with E-state index in [4.69, 9.17) is 0 Å². The van der Waals surface area contributed by atoms with Crippen LogP contribution in [0.2, 0.25) is 0 Å². The quantitative estimate of drug-likeness (QED) is 0.736. The molecular weight excluding hydrogens is 262 g/mol. The van der Waals surface area contributed by atoms with E-state index in [9.17, 15) is 4.79 Å². The number of fused-ring (bicyclic) bond motifs is 1. The lowest BCUT2D eigenvalue weighted by Crippen LogP contribution is -2.06. The van der Waals surface area contributed by atoms with Crippen molar-refractivity contribution in [2.45, 2.75) is 19.3 Å². The number of pyridine rings is 1. The van der Waals surface area contributed by atoms with Crippen molar-refractivity contribution in [3.63, 3.8) is 0 Å². The van der Waals surface area contributed by atoms with Crippen molar-refractivity contribution in [1.82, 2.24) is 14.6 Å². The smallest absolute Gasteiger partial charge is 0.159 e. The van der Waals surface area contributed by atoms with Crippen LogP contribution in [-0.4, -0.2) is 20.4 Å². The number of hydrogen-bond acceptors (Lipinski definition) is 3. The van der Waals surface area contributed by atoms with Crippen molar-refractivity contribution >= 4 is 11.4 Å². The largest absolute Gasteiger partial charge is 0.299 e. The van der Waals surface area contributed by atoms with Crippen LogP contribution in [0.5, 0.6) is 0 Å². The van der Waals surface area contributed by atoms with E-state index in [0.29, 0.717) is 12.2 Å². The molecule has 0 amide bonds. The lowest BCUT2D eigenvalue weighted by Gasteiger charge is -2.03. The highest BCUT2D eigenvalue weighted by molar-refractivity contribution is 5.84. The first-order chi connectivity index (χ1) is 10.3. The zero-order valence-electron chi connectivity index (χ0n) is 11.6. The molecule has 2 aromatic heterocycles. The maximum atomic E-state index is 11.9. The molecule has 104 valence electrons. The Hall–Kier alpha value is -2.49. The van der Waals surface area contributed by atoms with Crippen molar-refractivity contribution < 1.29 is 4.79 Å². The lowest BCUT2D eigenvalue weighted by atomic mass is 10.1. The number of Topliss-reactive ketones (excluding diaryl/α,β-unsaturated/α-hetero) is 1. The average molecular weight is 277 g/mol. The molecule has 0 atom stereocenters. The molecule has 1 aliphatic carbocycles. The molecule has 21 heavy (non-hydrogen) atoms. The second kappa shape index (κ2) is 4.81. The number of benzene rings is 1. The van der Waals surface area contributed by atoms with Crippen LogP contribution in [-0.2, 0) is 11.2 Å². The van der Waals surface area contributed by atoms with Gasteiger partial charge in [0.15, 0.2) is 11.5 Å². The molecule has 4 rings (SSSR count). The van der Waals surface area contributed by atoms with Crippen LogP contribution < -0.4 is 0 Å². The fraction of sp³-hybridized carbons (Fsp3) is 0.235. The monoisotopic (exact) mass is 277 g/mol. The minimum Gasteiger partial charge on any atom is -0.299 e. The van der Waals surface area contributed by atoms with Crippen molar-refractivity contribution in [3.8, 4) is 11.3 Å². The predicted octanol–water partition coefficient (Wildman–Crippen LogP) is 2.92. The van der Waals surface area contributed by atoms with Gasteiger partial charge in [-0.25, -0.2) is 9.50 Å². The Morgan fingerprint density at radius 2 is 1.90 bits per heavy atom. The molecule has 2 heterocycles. The maximum absolute atomic E-state index is 11.9. The molecule has 0 aliphatic heterocycles. The van der Waals surface area contributed by atoms with Gasteiger partial charge in [-0.2, -0.15) is 5.10 Å². The normalized spacial score (nSPS) is 14.5. The molecule has 1 aliphatic rings. The summed E-state index contributed by atoms with van der Waals surface area (Å²) in [5, 5.41) is 4.52. The molecule has 1 saturated carbocycles. The van der Waals surface area contributed by atoms with E-state index < -0.39 is 0 Å². The Morgan fingerprint density at radius 1 is 1.10 bits per heavy atom. The van der Waals surface area contributed by atoms with Gasteiger partial charge in [-0.1, -0.05) is 36.4 Å². The van der Waals surface area contributed by atoms with Crippen LogP contribution in [0.15, 0.2) is 48.5 Å². The second-order valence-corrected chi connectivity index (χ2v) is 5.49. The van der Waals surface area contributed by atoms with E-state index >= 15 is 0 Å². The number of rotatable bonds is 4. The number of ketones is 1. The van der Waals surface area contributed by atoms with Gasteiger partial charge in [0.2, 0.25) is 0 Å². The standard InChI is InChI=1S/C17H15N3O/c21-15(13-9-10-13)11-16-18-17-8-4-7-14(20(17)19-16)12-5-2-1-3-6-12/h1-8,13H,9-11H2. The first-order valence-electron chi connectivity index (χ1n) is 7.24. The lowest BCUT2D eigenvalue weighted by molar-refractivity contribution is -0.119. The van der Waals surface area contributed by atoms with E-state index in [1.807, 2.05) is 53.0 Å². The fourth-order valence-electron chi connectivity index (χ4n) is 2.56. The summed E-state index contributed by atoms with van der Waals surface area (Å²) in [4.78, 5) is 16.4. The minimum absolute atomic E-state index is 0.255. The molecule has 3 aromatic rings. The molecule has 1 aromatic carbocycles. The van der Waals surface area contributed by atoms with Gasteiger partial charge in [0.05, 0.1) is 12.1 Å². The Morgan fingerprint density at radius 3 is 2.67 bits per heavy atom. The molecule has 4 heteroatoms. The molecule has 0 unspecified atom stereocenters. The number of aromatic nitrogens is 3. The van der Waals surface area contributed by atoms with Crippen molar-refractivity contribution in [2.24, 2.45) is 5.92 Å². The van der Waals surface area contributed by atoms with E-state index in [0.717, 1.165) is 29.7 Å². The van der Waals surface area contributed by atoms with Gasteiger partial charge < -0.3 is 0 Å². The summed E-state index contributed by atoms with van der Waals surface area (Å²) in [6.45, 7) is 0. The molecule has 0 spiro atoms. The highest BCUT2D eigenvalue weighted by atomic mass is 16.1. The van der Waals surface area contributed by atoms with Gasteiger partial charge in [-0.15, -0.1) is 0 Å². The third kappa shape index (κ3) is 2.33. The fourth-order valence-corrected chi connectivity index (χ4v) is 2.56. The summed E-state index contributed by atoms with van der Waals surface area (Å²) in [5.74, 6) is 1.15. The highest BCUT2D eigenvalue weighted by Crippen LogP contribution is 2.30. The summed E-state index contributed by atoms with van der Waals surface area (Å²) in [6.07, 6.45) is 2.41. The number of carbonyl (C=O) groups is 1. The van der Waals surface area contributed by atoms with Crippen LogP contribution in [0.1, 0.15) is 18.7 Å². The molecule has 4 nitrogen and oxygen atoms in total. The van der Waals surface area contributed by atoms with Crippen LogP contribution in [0.3, 0.4) is 0 Å². The Bertz CT molecular complexity index is 803. The summed E-state index contributed by atoms with van der Waals surface area (Å²) in [5.41, 5.74) is 2.87. The highest BCUT2D eigenvalue weighted by Gasteiger charge is 2.30. The van der Waals surface area contributed by atoms with Crippen LogP contribution in [0.4, 0.5) is 0 Å². The third-order valence-corrected chi connectivity index (χ3v) is 3.84. The van der Waals surface area contributed by atoms with Gasteiger partial charge in [0.1, 0.15) is 5.78 Å². The first kappa shape index (κ1) is 12.3. The van der Waals surface area contributed by atoms with Crippen molar-refractivity contribution in [1.29, 1.82) is 0 Å². The van der Waals surface area contributed by atoms with Crippen molar-refractivity contribution in [3.05, 3.63) is 54.4 Å². The van der Waals surface area contributed by atoms with Gasteiger partial charge in [0, 0.05) is 11.5 Å². The average Bonchev–Trinajstić information content (AvgIpc) is 3.28. The van der Waals surface area contributed by atoms with Gasteiger partial charge in [-0.05, 0) is 25.0 Å². The first-order valence-corrected chi connectivity index (χ1v) is 7.24. The number of nitrogens with zero attached hydrogens (tertiary/aromatic N) is 3. The van der Waals surface area contributed by atoms with Gasteiger partial charge >= 0.3 is 0 Å². The van der Waals surface area contributed by atoms with Gasteiger partial charge in [0.25, 0.3) is 0 Å². The minimum atomic E-state index is 0.255. The third-order valence-electron chi connectivity index (χ3n) is 3.84. The van der Waals surface area contributed by atoms with E-state index in [2.05, 4.69) is 10.1 Å². The summed E-state index contributed by atoms with van der Waals surface area (Å²) >= 11 is 0. The Labute approximate surface area is 122 Å². The van der Waals surface area contributed by atoms with E-state index in [1.54, 1.807) is 0 Å². The molecule has 0 bridgehead atoms. The van der Waals surface area contributed by atoms with Crippen LogP contribution in [0.25, 0.3) is 16.9 Å². The molecule has 0 saturated heterocycles. The van der Waals surface area contributed by atoms with Crippen LogP contribution >= 0.6 is 0 Å². The van der Waals surface area contributed by atoms with Gasteiger partial charge in [-0.3, -0.25) is 4.79 Å². The maximum Gasteiger partial charge on any atom is 0.159 e. The summed E-state index contributed by atoms with van der Waals surface area (Å²) in [7, 11) is 0. The second-order valence-electron chi connectivity index (χ2n) is 5.49. The molecule has 1 fully saturated rings. The zero-order chi connectivity index (χ0) is 14.2. The summed E-state index contributed by atoms with van der Waals surface area (Å²) < 4.78 is 1.82.